The van der Waals surface area contributed by atoms with E-state index in [0.717, 1.165) is 5.56 Å². The number of nitrogens with one attached hydrogen (secondary N) is 2. The normalized spacial score (nSPS) is 16.0. The van der Waals surface area contributed by atoms with Crippen LogP contribution in [0.3, 0.4) is 0 Å². The molecule has 2 unspecified atom stereocenters. The maximum atomic E-state index is 13.5. The lowest BCUT2D eigenvalue weighted by Crippen LogP contribution is -2.51. The Morgan fingerprint density at radius 1 is 1.12 bits per heavy atom. The molecule has 0 saturated carbocycles. The van der Waals surface area contributed by atoms with E-state index in [9.17, 15) is 23.6 Å². The highest BCUT2D eigenvalue weighted by molar-refractivity contribution is 5.98. The van der Waals surface area contributed by atoms with Crippen molar-refractivity contribution in [3.63, 3.8) is 0 Å². The number of nitrogens with zero attached hydrogens (tertiary/aromatic N) is 1. The van der Waals surface area contributed by atoms with Crippen LogP contribution >= 0.6 is 0 Å². The van der Waals surface area contributed by atoms with E-state index in [-0.39, 0.29) is 18.2 Å². The minimum atomic E-state index is -1.01. The molecule has 2 aromatic rings. The van der Waals surface area contributed by atoms with Crippen LogP contribution in [0, 0.1) is 5.82 Å². The Balaban J connectivity index is 1.68. The number of ether oxygens (including phenoxy) is 1. The van der Waals surface area contributed by atoms with Gasteiger partial charge < -0.3 is 20.3 Å². The lowest BCUT2D eigenvalue weighted by atomic mass is 10.0. The fourth-order valence-corrected chi connectivity index (χ4v) is 3.94. The van der Waals surface area contributed by atoms with Crippen LogP contribution in [0.5, 0.6) is 0 Å². The van der Waals surface area contributed by atoms with Crippen molar-refractivity contribution >= 4 is 23.7 Å². The zero-order chi connectivity index (χ0) is 24.7. The summed E-state index contributed by atoms with van der Waals surface area (Å²) in [6.07, 6.45) is 1.18. The molecule has 0 radical (unpaired) electrons. The van der Waals surface area contributed by atoms with Gasteiger partial charge in [-0.05, 0) is 48.2 Å². The third-order valence-corrected chi connectivity index (χ3v) is 5.69. The number of hydrogen-bond acceptors (Lipinski definition) is 5. The summed E-state index contributed by atoms with van der Waals surface area (Å²) in [5.41, 5.74) is 1.81. The molecule has 1 saturated heterocycles. The zero-order valence-corrected chi connectivity index (χ0v) is 19.2. The van der Waals surface area contributed by atoms with Crippen LogP contribution in [-0.2, 0) is 32.1 Å². The molecular formula is C25H28FN3O5. The predicted molar refractivity (Wildman–Crippen MR) is 122 cm³/mol. The highest BCUT2D eigenvalue weighted by Crippen LogP contribution is 2.21. The van der Waals surface area contributed by atoms with Crippen molar-refractivity contribution in [3.05, 3.63) is 71.0 Å². The van der Waals surface area contributed by atoms with E-state index in [2.05, 4.69) is 10.6 Å². The molecule has 34 heavy (non-hydrogen) atoms. The molecule has 0 bridgehead atoms. The van der Waals surface area contributed by atoms with Gasteiger partial charge >= 0.3 is 5.97 Å². The van der Waals surface area contributed by atoms with E-state index < -0.39 is 29.8 Å². The largest absolute Gasteiger partial charge is 0.467 e. The molecule has 1 fully saturated rings. The molecule has 2 N–H and O–H groups in total. The fraction of sp³-hybridized carbons (Fsp3) is 0.360. The molecule has 0 aromatic heterocycles. The lowest BCUT2D eigenvalue weighted by molar-refractivity contribution is -0.145. The van der Waals surface area contributed by atoms with E-state index in [4.69, 9.17) is 4.74 Å². The van der Waals surface area contributed by atoms with Crippen molar-refractivity contribution < 1.29 is 28.3 Å². The van der Waals surface area contributed by atoms with E-state index in [0.29, 0.717) is 37.1 Å². The number of amides is 3. The van der Waals surface area contributed by atoms with Crippen LogP contribution in [0.15, 0.2) is 48.5 Å². The average molecular weight is 470 g/mol. The number of carbonyl (C=O) groups is 4. The molecule has 9 heteroatoms. The smallest absolute Gasteiger partial charge is 0.328 e. The minimum absolute atomic E-state index is 0.0621. The number of carbonyl (C=O) groups excluding carboxylic acids is 4. The molecule has 2 aromatic carbocycles. The maximum absolute atomic E-state index is 13.5. The van der Waals surface area contributed by atoms with Crippen LogP contribution in [0.1, 0.15) is 41.3 Å². The highest BCUT2D eigenvalue weighted by Gasteiger charge is 2.36. The topological polar surface area (TPSA) is 105 Å². The first-order valence-corrected chi connectivity index (χ1v) is 11.1. The second-order valence-corrected chi connectivity index (χ2v) is 8.18. The summed E-state index contributed by atoms with van der Waals surface area (Å²) in [5, 5.41) is 5.37. The molecule has 1 aliphatic heterocycles. The molecule has 180 valence electrons. The van der Waals surface area contributed by atoms with Gasteiger partial charge in [0.2, 0.25) is 11.8 Å². The first-order chi connectivity index (χ1) is 16.3. The molecular weight excluding hydrogens is 441 g/mol. The Labute approximate surface area is 197 Å². The van der Waals surface area contributed by atoms with Gasteiger partial charge in [0.15, 0.2) is 0 Å². The molecule has 3 amide bonds. The fourth-order valence-electron chi connectivity index (χ4n) is 3.94. The molecule has 1 heterocycles. The van der Waals surface area contributed by atoms with Gasteiger partial charge in [0.1, 0.15) is 17.9 Å². The maximum Gasteiger partial charge on any atom is 0.328 e. The summed E-state index contributed by atoms with van der Waals surface area (Å²) in [5.74, 6) is -1.98. The number of rotatable bonds is 8. The molecule has 0 aliphatic carbocycles. The number of likely N-dealkylation sites (tertiary alicyclic amines) is 1. The number of hydrogen-bond donors (Lipinski definition) is 2. The Bertz CT molecular complexity index is 1060. The van der Waals surface area contributed by atoms with Crippen LogP contribution in [0.2, 0.25) is 0 Å². The van der Waals surface area contributed by atoms with E-state index in [1.54, 1.807) is 30.3 Å². The van der Waals surface area contributed by atoms with Crippen molar-refractivity contribution in [1.82, 2.24) is 15.5 Å². The molecule has 1 aliphatic rings. The monoisotopic (exact) mass is 469 g/mol. The predicted octanol–water partition coefficient (Wildman–Crippen LogP) is 1.97. The second kappa shape index (κ2) is 11.4. The first-order valence-electron chi connectivity index (χ1n) is 11.1. The van der Waals surface area contributed by atoms with Gasteiger partial charge in [-0.15, -0.1) is 0 Å². The van der Waals surface area contributed by atoms with Gasteiger partial charge in [-0.2, -0.15) is 0 Å². The van der Waals surface area contributed by atoms with Crippen molar-refractivity contribution in [2.24, 2.45) is 0 Å². The van der Waals surface area contributed by atoms with Gasteiger partial charge in [-0.25, -0.2) is 9.18 Å². The van der Waals surface area contributed by atoms with Crippen molar-refractivity contribution in [1.29, 1.82) is 0 Å². The summed E-state index contributed by atoms with van der Waals surface area (Å²) in [6, 6.07) is 10.9. The van der Waals surface area contributed by atoms with Crippen LogP contribution in [-0.4, -0.2) is 54.3 Å². The number of halogens is 1. The number of benzene rings is 2. The lowest BCUT2D eigenvalue weighted by Gasteiger charge is -2.26. The van der Waals surface area contributed by atoms with Crippen molar-refractivity contribution in [3.8, 4) is 0 Å². The van der Waals surface area contributed by atoms with Crippen LogP contribution in [0.4, 0.5) is 4.39 Å². The molecule has 8 nitrogen and oxygen atoms in total. The number of methoxy groups -OCH3 is 1. The summed E-state index contributed by atoms with van der Waals surface area (Å²) in [4.78, 5) is 51.0. The van der Waals surface area contributed by atoms with Gasteiger partial charge in [-0.1, -0.05) is 24.3 Å². The second-order valence-electron chi connectivity index (χ2n) is 8.18. The van der Waals surface area contributed by atoms with Gasteiger partial charge in [-0.3, -0.25) is 14.4 Å². The Kier molecular flexibility index (Phi) is 8.34. The minimum Gasteiger partial charge on any atom is -0.467 e. The molecule has 0 spiro atoms. The van der Waals surface area contributed by atoms with E-state index >= 15 is 0 Å². The van der Waals surface area contributed by atoms with Crippen molar-refractivity contribution in [2.75, 3.05) is 13.7 Å². The Hall–Kier alpha value is -3.75. The summed E-state index contributed by atoms with van der Waals surface area (Å²) >= 11 is 0. The standard InChI is InChI=1S/C25H28FN3O5/c1-16(30)27-15-17-8-10-19(11-9-17)24(32)29-12-4-7-22(29)23(31)28-21(25(33)34-2)14-18-5-3-6-20(26)13-18/h3,5-6,8-11,13,21-22H,4,7,12,14-15H2,1-2H3,(H,27,30)(H,28,31). The number of esters is 1. The summed E-state index contributed by atoms with van der Waals surface area (Å²) < 4.78 is 18.4. The van der Waals surface area contributed by atoms with E-state index in [1.165, 1.54) is 37.1 Å². The summed E-state index contributed by atoms with van der Waals surface area (Å²) in [7, 11) is 1.22. The van der Waals surface area contributed by atoms with Gasteiger partial charge in [0.25, 0.3) is 5.91 Å². The molecule has 2 atom stereocenters. The average Bonchev–Trinajstić information content (AvgIpc) is 3.32. The zero-order valence-electron chi connectivity index (χ0n) is 19.2. The Morgan fingerprint density at radius 3 is 2.50 bits per heavy atom. The van der Waals surface area contributed by atoms with Gasteiger partial charge in [0, 0.05) is 32.0 Å². The third-order valence-electron chi connectivity index (χ3n) is 5.69. The first kappa shape index (κ1) is 24.9. The highest BCUT2D eigenvalue weighted by atomic mass is 19.1. The van der Waals surface area contributed by atoms with Crippen LogP contribution in [0.25, 0.3) is 0 Å². The molecule has 3 rings (SSSR count). The third kappa shape index (κ3) is 6.40. The van der Waals surface area contributed by atoms with Gasteiger partial charge in [0.05, 0.1) is 7.11 Å². The summed E-state index contributed by atoms with van der Waals surface area (Å²) in [6.45, 7) is 2.20. The SMILES string of the molecule is COC(=O)C(Cc1cccc(F)c1)NC(=O)C1CCCN1C(=O)c1ccc(CNC(C)=O)cc1. The van der Waals surface area contributed by atoms with E-state index in [1.807, 2.05) is 0 Å². The van der Waals surface area contributed by atoms with Crippen molar-refractivity contribution in [2.45, 2.75) is 44.8 Å². The Morgan fingerprint density at radius 2 is 1.85 bits per heavy atom. The van der Waals surface area contributed by atoms with Crippen LogP contribution < -0.4 is 10.6 Å². The quantitative estimate of drug-likeness (QED) is 0.575.